The predicted octanol–water partition coefficient (Wildman–Crippen LogP) is 6.06. The van der Waals surface area contributed by atoms with Crippen LogP contribution in [0.4, 0.5) is 18.9 Å². The number of pyridine rings is 1. The Kier molecular flexibility index (Phi) is 5.48. The number of fused-ring (bicyclic) bond motifs is 1. The molecule has 0 atom stereocenters. The van der Waals surface area contributed by atoms with Gasteiger partial charge in [-0.15, -0.1) is 0 Å². The van der Waals surface area contributed by atoms with Crippen LogP contribution in [0.15, 0.2) is 82.9 Å². The first-order valence-corrected chi connectivity index (χ1v) is 9.39. The smallest absolute Gasteiger partial charge is 0.416 e. The minimum Gasteiger partial charge on any atom is -0.457 e. The number of hydrogen-bond donors (Lipinski definition) is 1. The molecule has 0 fully saturated rings. The molecule has 2 aromatic carbocycles. The number of amides is 1. The number of rotatable bonds is 4. The number of aromatic nitrogens is 1. The molecule has 0 aliphatic carbocycles. The SMILES string of the molecule is N#C/C(=C/c1ccc(-c2cccc(C(F)(F)F)c2)o1)C(=O)Nc1cccc2ncccc12. The molecule has 4 aromatic rings. The van der Waals surface area contributed by atoms with Crippen LogP contribution in [0, 0.1) is 11.3 Å². The van der Waals surface area contributed by atoms with Gasteiger partial charge in [0.1, 0.15) is 23.2 Å². The van der Waals surface area contributed by atoms with E-state index in [9.17, 15) is 23.2 Å². The average Bonchev–Trinajstić information content (AvgIpc) is 3.26. The number of furan rings is 1. The quantitative estimate of drug-likeness (QED) is 0.313. The molecule has 1 N–H and O–H groups in total. The first-order valence-electron chi connectivity index (χ1n) is 9.39. The predicted molar refractivity (Wildman–Crippen MR) is 113 cm³/mol. The van der Waals surface area contributed by atoms with Gasteiger partial charge in [-0.05, 0) is 48.5 Å². The van der Waals surface area contributed by atoms with Crippen molar-refractivity contribution in [2.24, 2.45) is 0 Å². The normalized spacial score (nSPS) is 11.9. The molecule has 5 nitrogen and oxygen atoms in total. The first-order chi connectivity index (χ1) is 15.3. The van der Waals surface area contributed by atoms with Crippen molar-refractivity contribution >= 4 is 28.6 Å². The zero-order valence-electron chi connectivity index (χ0n) is 16.4. The number of carbonyl (C=O) groups is 1. The van der Waals surface area contributed by atoms with Crippen molar-refractivity contribution in [2.75, 3.05) is 5.32 Å². The van der Waals surface area contributed by atoms with E-state index in [1.807, 2.05) is 6.07 Å². The average molecular weight is 433 g/mol. The minimum absolute atomic E-state index is 0.156. The summed E-state index contributed by atoms with van der Waals surface area (Å²) in [5, 5.41) is 12.8. The van der Waals surface area contributed by atoms with Gasteiger partial charge in [-0.3, -0.25) is 9.78 Å². The monoisotopic (exact) mass is 433 g/mol. The molecule has 8 heteroatoms. The molecule has 2 heterocycles. The third kappa shape index (κ3) is 4.37. The van der Waals surface area contributed by atoms with Crippen LogP contribution in [0.25, 0.3) is 28.3 Å². The van der Waals surface area contributed by atoms with Crippen LogP contribution in [0.1, 0.15) is 11.3 Å². The molecule has 0 aliphatic rings. The molecule has 0 saturated heterocycles. The van der Waals surface area contributed by atoms with E-state index in [0.717, 1.165) is 12.1 Å². The lowest BCUT2D eigenvalue weighted by atomic mass is 10.1. The molecular weight excluding hydrogens is 419 g/mol. The maximum absolute atomic E-state index is 12.9. The van der Waals surface area contributed by atoms with E-state index in [1.165, 1.54) is 30.3 Å². The minimum atomic E-state index is -4.48. The molecule has 0 aliphatic heterocycles. The summed E-state index contributed by atoms with van der Waals surface area (Å²) in [7, 11) is 0. The van der Waals surface area contributed by atoms with Crippen molar-refractivity contribution in [2.45, 2.75) is 6.18 Å². The summed E-state index contributed by atoms with van der Waals surface area (Å²) in [4.78, 5) is 16.9. The zero-order chi connectivity index (χ0) is 22.7. The lowest BCUT2D eigenvalue weighted by Gasteiger charge is -2.07. The number of alkyl halides is 3. The molecule has 0 radical (unpaired) electrons. The lowest BCUT2D eigenvalue weighted by molar-refractivity contribution is -0.137. The van der Waals surface area contributed by atoms with Gasteiger partial charge in [-0.1, -0.05) is 18.2 Å². The summed E-state index contributed by atoms with van der Waals surface area (Å²) in [6.07, 6.45) is -1.61. The van der Waals surface area contributed by atoms with Gasteiger partial charge in [-0.2, -0.15) is 18.4 Å². The van der Waals surface area contributed by atoms with Gasteiger partial charge < -0.3 is 9.73 Å². The number of nitrogens with zero attached hydrogens (tertiary/aromatic N) is 2. The fourth-order valence-corrected chi connectivity index (χ4v) is 3.13. The highest BCUT2D eigenvalue weighted by Crippen LogP contribution is 2.33. The number of benzene rings is 2. The van der Waals surface area contributed by atoms with Crippen molar-refractivity contribution < 1.29 is 22.4 Å². The number of halogens is 3. The van der Waals surface area contributed by atoms with Crippen molar-refractivity contribution in [1.82, 2.24) is 4.98 Å². The second-order valence-corrected chi connectivity index (χ2v) is 6.78. The fourth-order valence-electron chi connectivity index (χ4n) is 3.13. The van der Waals surface area contributed by atoms with E-state index in [1.54, 1.807) is 36.5 Å². The van der Waals surface area contributed by atoms with Gasteiger partial charge >= 0.3 is 6.18 Å². The summed E-state index contributed by atoms with van der Waals surface area (Å²) in [5.74, 6) is -0.315. The summed E-state index contributed by atoms with van der Waals surface area (Å²) >= 11 is 0. The Balaban J connectivity index is 1.59. The van der Waals surface area contributed by atoms with Crippen molar-refractivity contribution in [1.29, 1.82) is 5.26 Å². The highest BCUT2D eigenvalue weighted by Gasteiger charge is 2.30. The summed E-state index contributed by atoms with van der Waals surface area (Å²) in [6.45, 7) is 0. The highest BCUT2D eigenvalue weighted by atomic mass is 19.4. The Hall–Kier alpha value is -4.38. The number of carbonyl (C=O) groups excluding carboxylic acids is 1. The van der Waals surface area contributed by atoms with Gasteiger partial charge in [0.25, 0.3) is 5.91 Å². The summed E-state index contributed by atoms with van der Waals surface area (Å²) < 4.78 is 44.4. The van der Waals surface area contributed by atoms with Gasteiger partial charge in [0.05, 0.1) is 16.8 Å². The van der Waals surface area contributed by atoms with E-state index in [4.69, 9.17) is 4.42 Å². The molecule has 0 saturated carbocycles. The van der Waals surface area contributed by atoms with E-state index in [0.29, 0.717) is 16.6 Å². The van der Waals surface area contributed by atoms with E-state index < -0.39 is 17.6 Å². The van der Waals surface area contributed by atoms with Crippen LogP contribution >= 0.6 is 0 Å². The zero-order valence-corrected chi connectivity index (χ0v) is 16.4. The molecular formula is C24H14F3N3O2. The van der Waals surface area contributed by atoms with Gasteiger partial charge in [0.2, 0.25) is 0 Å². The second-order valence-electron chi connectivity index (χ2n) is 6.78. The van der Waals surface area contributed by atoms with Crippen LogP contribution in [0.5, 0.6) is 0 Å². The molecule has 1 amide bonds. The molecule has 4 rings (SSSR count). The Morgan fingerprint density at radius 2 is 1.88 bits per heavy atom. The van der Waals surface area contributed by atoms with E-state index in [-0.39, 0.29) is 22.7 Å². The topological polar surface area (TPSA) is 78.9 Å². The maximum atomic E-state index is 12.9. The molecule has 158 valence electrons. The molecule has 0 bridgehead atoms. The molecule has 2 aromatic heterocycles. The van der Waals surface area contributed by atoms with E-state index >= 15 is 0 Å². The first kappa shape index (κ1) is 20.9. The lowest BCUT2D eigenvalue weighted by Crippen LogP contribution is -2.13. The number of anilines is 1. The Morgan fingerprint density at radius 1 is 1.06 bits per heavy atom. The van der Waals surface area contributed by atoms with Crippen LogP contribution < -0.4 is 5.32 Å². The molecule has 0 unspecified atom stereocenters. The van der Waals surface area contributed by atoms with Crippen molar-refractivity contribution in [3.05, 3.63) is 89.8 Å². The van der Waals surface area contributed by atoms with Crippen LogP contribution in [-0.2, 0) is 11.0 Å². The second kappa shape index (κ2) is 8.40. The van der Waals surface area contributed by atoms with Crippen LogP contribution in [0.3, 0.4) is 0 Å². The third-order valence-electron chi connectivity index (χ3n) is 4.65. The van der Waals surface area contributed by atoms with Crippen molar-refractivity contribution in [3.8, 4) is 17.4 Å². The van der Waals surface area contributed by atoms with Crippen LogP contribution in [0.2, 0.25) is 0 Å². The maximum Gasteiger partial charge on any atom is 0.416 e. The summed E-state index contributed by atoms with van der Waals surface area (Å²) in [5.41, 5.74) is 0.377. The standard InChI is InChI=1S/C24H14F3N3O2/c25-24(26,27)17-5-1-4-15(12-17)22-10-9-18(32-22)13-16(14-28)23(31)30-21-8-2-7-20-19(21)6-3-11-29-20/h1-13H,(H,30,31)/b16-13-. The Morgan fingerprint density at radius 3 is 2.66 bits per heavy atom. The summed E-state index contributed by atoms with van der Waals surface area (Å²) in [6, 6.07) is 18.2. The third-order valence-corrected chi connectivity index (χ3v) is 4.65. The van der Waals surface area contributed by atoms with E-state index in [2.05, 4.69) is 10.3 Å². The van der Waals surface area contributed by atoms with Gasteiger partial charge in [0.15, 0.2) is 0 Å². The van der Waals surface area contributed by atoms with Gasteiger partial charge in [-0.25, -0.2) is 0 Å². The molecule has 0 spiro atoms. The fraction of sp³-hybridized carbons (Fsp3) is 0.0417. The number of nitrogens with one attached hydrogen (secondary N) is 1. The Labute approximate surface area is 180 Å². The number of nitriles is 1. The van der Waals surface area contributed by atoms with Gasteiger partial charge in [0, 0.05) is 23.2 Å². The highest BCUT2D eigenvalue weighted by molar-refractivity contribution is 6.12. The Bertz CT molecular complexity index is 1380. The van der Waals surface area contributed by atoms with Crippen molar-refractivity contribution in [3.63, 3.8) is 0 Å². The number of hydrogen-bond acceptors (Lipinski definition) is 4. The molecule has 32 heavy (non-hydrogen) atoms. The largest absolute Gasteiger partial charge is 0.457 e. The van der Waals surface area contributed by atoms with Crippen LogP contribution in [-0.4, -0.2) is 10.9 Å².